The van der Waals surface area contributed by atoms with Gasteiger partial charge in [0.15, 0.2) is 6.61 Å². The van der Waals surface area contributed by atoms with Crippen LogP contribution in [0.4, 0.5) is 5.69 Å². The van der Waals surface area contributed by atoms with Crippen molar-refractivity contribution in [3.63, 3.8) is 0 Å². The van der Waals surface area contributed by atoms with Crippen LogP contribution >= 0.6 is 0 Å². The Labute approximate surface area is 185 Å². The molecule has 2 aromatic rings. The van der Waals surface area contributed by atoms with Crippen LogP contribution in [0.1, 0.15) is 68.3 Å². The van der Waals surface area contributed by atoms with Crippen LogP contribution in [0, 0.1) is 0 Å². The third-order valence-corrected chi connectivity index (χ3v) is 6.73. The van der Waals surface area contributed by atoms with Gasteiger partial charge < -0.3 is 14.5 Å². The predicted octanol–water partition coefficient (Wildman–Crippen LogP) is 5.01. The molecule has 0 aromatic heterocycles. The molecule has 1 fully saturated rings. The Morgan fingerprint density at radius 1 is 0.935 bits per heavy atom. The van der Waals surface area contributed by atoms with Crippen molar-refractivity contribution in [2.45, 2.75) is 64.5 Å². The molecule has 0 radical (unpaired) electrons. The summed E-state index contributed by atoms with van der Waals surface area (Å²) < 4.78 is 5.75. The van der Waals surface area contributed by atoms with Crippen LogP contribution in [0.2, 0.25) is 0 Å². The van der Waals surface area contributed by atoms with E-state index in [1.807, 2.05) is 28.0 Å². The zero-order valence-corrected chi connectivity index (χ0v) is 18.7. The maximum absolute atomic E-state index is 13.1. The van der Waals surface area contributed by atoms with E-state index in [-0.39, 0.29) is 30.5 Å². The van der Waals surface area contributed by atoms with Gasteiger partial charge in [0.25, 0.3) is 11.8 Å². The van der Waals surface area contributed by atoms with Gasteiger partial charge in [-0.25, -0.2) is 0 Å². The van der Waals surface area contributed by atoms with E-state index in [2.05, 4.69) is 26.8 Å². The fourth-order valence-electron chi connectivity index (χ4n) is 4.94. The standard InChI is InChI=1S/C26H32N2O3/c1-18-15-16-27(24-10-5-4-9-23(18)24)26(30)21-11-13-22(14-12-21)31-17-25(29)28-19(2)7-6-8-20(28)3/h4-5,9-14,18-20H,6-8,15-17H2,1-3H3. The summed E-state index contributed by atoms with van der Waals surface area (Å²) >= 11 is 0. The zero-order chi connectivity index (χ0) is 22.0. The van der Waals surface area contributed by atoms with Gasteiger partial charge in [-0.05, 0) is 81.3 Å². The Morgan fingerprint density at radius 2 is 1.61 bits per heavy atom. The summed E-state index contributed by atoms with van der Waals surface area (Å²) in [6.07, 6.45) is 4.22. The van der Waals surface area contributed by atoms with Crippen LogP contribution in [-0.2, 0) is 4.79 Å². The fourth-order valence-corrected chi connectivity index (χ4v) is 4.94. The summed E-state index contributed by atoms with van der Waals surface area (Å²) in [6.45, 7) is 7.16. The second-order valence-electron chi connectivity index (χ2n) is 8.95. The Hall–Kier alpha value is -2.82. The molecule has 0 aliphatic carbocycles. The van der Waals surface area contributed by atoms with Crippen LogP contribution in [0.3, 0.4) is 0 Å². The first-order valence-corrected chi connectivity index (χ1v) is 11.4. The average molecular weight is 421 g/mol. The smallest absolute Gasteiger partial charge is 0.260 e. The fraction of sp³-hybridized carbons (Fsp3) is 0.462. The van der Waals surface area contributed by atoms with Gasteiger partial charge in [-0.1, -0.05) is 25.1 Å². The second kappa shape index (κ2) is 9.13. The van der Waals surface area contributed by atoms with E-state index in [1.54, 1.807) is 24.3 Å². The van der Waals surface area contributed by atoms with Crippen LogP contribution in [0.25, 0.3) is 0 Å². The largest absolute Gasteiger partial charge is 0.484 e. The molecule has 0 saturated carbocycles. The molecular weight excluding hydrogens is 388 g/mol. The number of para-hydroxylation sites is 1. The van der Waals surface area contributed by atoms with Crippen LogP contribution in [0.5, 0.6) is 5.75 Å². The van der Waals surface area contributed by atoms with Crippen molar-refractivity contribution < 1.29 is 14.3 Å². The average Bonchev–Trinajstić information content (AvgIpc) is 2.78. The number of anilines is 1. The quantitative estimate of drug-likeness (QED) is 0.699. The third-order valence-electron chi connectivity index (χ3n) is 6.73. The number of ether oxygens (including phenoxy) is 1. The van der Waals surface area contributed by atoms with Gasteiger partial charge >= 0.3 is 0 Å². The van der Waals surface area contributed by atoms with Gasteiger partial charge in [-0.3, -0.25) is 9.59 Å². The molecule has 0 bridgehead atoms. The van der Waals surface area contributed by atoms with Gasteiger partial charge in [-0.15, -0.1) is 0 Å². The van der Waals surface area contributed by atoms with Crippen molar-refractivity contribution in [2.24, 2.45) is 0 Å². The highest BCUT2D eigenvalue weighted by Crippen LogP contribution is 2.35. The molecule has 3 unspecified atom stereocenters. The number of piperidine rings is 1. The highest BCUT2D eigenvalue weighted by Gasteiger charge is 2.29. The minimum Gasteiger partial charge on any atom is -0.484 e. The SMILES string of the molecule is CC1CCN(C(=O)c2ccc(OCC(=O)N3C(C)CCCC3C)cc2)c2ccccc21. The minimum absolute atomic E-state index is 0.00190. The van der Waals surface area contributed by atoms with Gasteiger partial charge in [0.1, 0.15) is 5.75 Å². The molecule has 2 heterocycles. The topological polar surface area (TPSA) is 49.9 Å². The zero-order valence-electron chi connectivity index (χ0n) is 18.7. The molecule has 1 saturated heterocycles. The van der Waals surface area contributed by atoms with Gasteiger partial charge in [0.05, 0.1) is 0 Å². The van der Waals surface area contributed by atoms with Gasteiger partial charge in [0.2, 0.25) is 0 Å². The van der Waals surface area contributed by atoms with Gasteiger partial charge in [0, 0.05) is 29.9 Å². The summed E-state index contributed by atoms with van der Waals surface area (Å²) in [7, 11) is 0. The summed E-state index contributed by atoms with van der Waals surface area (Å²) in [6, 6.07) is 15.8. The molecule has 31 heavy (non-hydrogen) atoms. The maximum atomic E-state index is 13.1. The van der Waals surface area contributed by atoms with E-state index in [0.717, 1.165) is 31.5 Å². The number of rotatable bonds is 4. The summed E-state index contributed by atoms with van der Waals surface area (Å²) in [5, 5.41) is 0. The van der Waals surface area contributed by atoms with Crippen molar-refractivity contribution in [3.05, 3.63) is 59.7 Å². The predicted molar refractivity (Wildman–Crippen MR) is 123 cm³/mol. The van der Waals surface area contributed by atoms with Crippen molar-refractivity contribution in [1.82, 2.24) is 4.90 Å². The van der Waals surface area contributed by atoms with E-state index < -0.39 is 0 Å². The number of fused-ring (bicyclic) bond motifs is 1. The minimum atomic E-state index is -0.00190. The van der Waals surface area contributed by atoms with E-state index in [0.29, 0.717) is 17.2 Å². The number of carbonyl (C=O) groups is 2. The first kappa shape index (κ1) is 21.4. The van der Waals surface area contributed by atoms with Crippen LogP contribution in [0.15, 0.2) is 48.5 Å². The van der Waals surface area contributed by atoms with Crippen LogP contribution in [-0.4, -0.2) is 41.9 Å². The first-order chi connectivity index (χ1) is 15.0. The Balaban J connectivity index is 1.40. The normalized spacial score (nSPS) is 23.3. The Morgan fingerprint density at radius 3 is 2.32 bits per heavy atom. The number of nitrogens with zero attached hydrogens (tertiary/aromatic N) is 2. The molecule has 3 atom stereocenters. The lowest BCUT2D eigenvalue weighted by Gasteiger charge is -2.38. The summed E-state index contributed by atoms with van der Waals surface area (Å²) in [5.41, 5.74) is 2.85. The molecule has 0 N–H and O–H groups in total. The van der Waals surface area contributed by atoms with Crippen molar-refractivity contribution in [1.29, 1.82) is 0 Å². The second-order valence-corrected chi connectivity index (χ2v) is 8.95. The van der Waals surface area contributed by atoms with Crippen molar-refractivity contribution in [2.75, 3.05) is 18.1 Å². The molecule has 5 heteroatoms. The van der Waals surface area contributed by atoms with Gasteiger partial charge in [-0.2, -0.15) is 0 Å². The Kier molecular flexibility index (Phi) is 6.30. The number of hydrogen-bond acceptors (Lipinski definition) is 3. The third kappa shape index (κ3) is 4.46. The molecule has 0 spiro atoms. The highest BCUT2D eigenvalue weighted by atomic mass is 16.5. The molecule has 2 aromatic carbocycles. The molecule has 2 amide bonds. The lowest BCUT2D eigenvalue weighted by atomic mass is 9.91. The molecule has 164 valence electrons. The van der Waals surface area contributed by atoms with E-state index in [1.165, 1.54) is 12.0 Å². The molecule has 4 rings (SSSR count). The summed E-state index contributed by atoms with van der Waals surface area (Å²) in [4.78, 5) is 29.6. The number of benzene rings is 2. The summed E-state index contributed by atoms with van der Waals surface area (Å²) in [5.74, 6) is 1.09. The molecule has 2 aliphatic heterocycles. The number of amides is 2. The van der Waals surface area contributed by atoms with Crippen molar-refractivity contribution >= 4 is 17.5 Å². The number of carbonyl (C=O) groups excluding carboxylic acids is 2. The highest BCUT2D eigenvalue weighted by molar-refractivity contribution is 6.06. The lowest BCUT2D eigenvalue weighted by Crippen LogP contribution is -2.49. The van der Waals surface area contributed by atoms with E-state index in [9.17, 15) is 9.59 Å². The van der Waals surface area contributed by atoms with E-state index in [4.69, 9.17) is 4.74 Å². The number of likely N-dealkylation sites (tertiary alicyclic amines) is 1. The lowest BCUT2D eigenvalue weighted by molar-refractivity contribution is -0.139. The van der Waals surface area contributed by atoms with Crippen molar-refractivity contribution in [3.8, 4) is 5.75 Å². The molecule has 5 nitrogen and oxygen atoms in total. The Bertz CT molecular complexity index is 930. The maximum Gasteiger partial charge on any atom is 0.260 e. The number of hydrogen-bond donors (Lipinski definition) is 0. The first-order valence-electron chi connectivity index (χ1n) is 11.4. The monoisotopic (exact) mass is 420 g/mol. The molecule has 2 aliphatic rings. The van der Waals surface area contributed by atoms with Crippen LogP contribution < -0.4 is 9.64 Å². The van der Waals surface area contributed by atoms with E-state index >= 15 is 0 Å². The molecular formula is C26H32N2O3.